The van der Waals surface area contributed by atoms with Crippen LogP contribution in [0.25, 0.3) is 0 Å². The highest BCUT2D eigenvalue weighted by Gasteiger charge is 2.04. The van der Waals surface area contributed by atoms with Gasteiger partial charge >= 0.3 is 0 Å². The number of rotatable bonds is 4. The van der Waals surface area contributed by atoms with Crippen molar-refractivity contribution in [1.82, 2.24) is 0 Å². The van der Waals surface area contributed by atoms with Crippen molar-refractivity contribution in [2.45, 2.75) is 6.54 Å². The smallest absolute Gasteiger partial charge is 0.170 e. The molecule has 0 unspecified atom stereocenters. The molecule has 4 nitrogen and oxygen atoms in total. The van der Waals surface area contributed by atoms with Gasteiger partial charge in [0.05, 0.1) is 5.69 Å². The molecule has 0 fully saturated rings. The Kier molecular flexibility index (Phi) is 4.42. The van der Waals surface area contributed by atoms with Crippen molar-refractivity contribution in [3.8, 4) is 0 Å². The average molecular weight is 294 g/mol. The molecule has 0 aliphatic heterocycles. The molecule has 0 radical (unpaired) electrons. The molecule has 4 N–H and O–H groups in total. The van der Waals surface area contributed by atoms with Crippen molar-refractivity contribution in [2.75, 3.05) is 5.32 Å². The van der Waals surface area contributed by atoms with Crippen LogP contribution in [0.1, 0.15) is 11.1 Å². The number of benzene rings is 2. The van der Waals surface area contributed by atoms with Gasteiger partial charge in [0.1, 0.15) is 5.82 Å². The Labute approximate surface area is 120 Å². The Morgan fingerprint density at radius 1 is 1.30 bits per heavy atom. The van der Waals surface area contributed by atoms with Crippen LogP contribution in [0.2, 0.25) is 5.02 Å². The second kappa shape index (κ2) is 6.25. The van der Waals surface area contributed by atoms with E-state index in [0.29, 0.717) is 22.8 Å². The summed E-state index contributed by atoms with van der Waals surface area (Å²) in [6.07, 6.45) is 0. The fourth-order valence-corrected chi connectivity index (χ4v) is 1.90. The van der Waals surface area contributed by atoms with E-state index in [2.05, 4.69) is 10.5 Å². The molecule has 0 spiro atoms. The van der Waals surface area contributed by atoms with E-state index in [9.17, 15) is 4.39 Å². The number of hydrogen-bond donors (Lipinski definition) is 3. The Bertz CT molecular complexity index is 646. The van der Waals surface area contributed by atoms with Gasteiger partial charge in [-0.15, -0.1) is 0 Å². The van der Waals surface area contributed by atoms with E-state index in [4.69, 9.17) is 22.5 Å². The molecule has 0 aromatic heterocycles. The third-order valence-corrected chi connectivity index (χ3v) is 2.98. The quantitative estimate of drug-likeness (QED) is 0.351. The lowest BCUT2D eigenvalue weighted by atomic mass is 10.1. The number of nitrogens with zero attached hydrogens (tertiary/aromatic N) is 1. The van der Waals surface area contributed by atoms with Crippen molar-refractivity contribution in [3.63, 3.8) is 0 Å². The van der Waals surface area contributed by atoms with Crippen molar-refractivity contribution in [1.29, 1.82) is 0 Å². The van der Waals surface area contributed by atoms with E-state index in [1.807, 2.05) is 6.07 Å². The van der Waals surface area contributed by atoms with Gasteiger partial charge in [0.25, 0.3) is 0 Å². The Balaban J connectivity index is 2.13. The molecule has 0 amide bonds. The van der Waals surface area contributed by atoms with Crippen molar-refractivity contribution >= 4 is 23.1 Å². The van der Waals surface area contributed by atoms with Crippen LogP contribution < -0.4 is 11.1 Å². The van der Waals surface area contributed by atoms with E-state index in [1.54, 1.807) is 18.2 Å². The molecule has 20 heavy (non-hydrogen) atoms. The maximum absolute atomic E-state index is 13.5. The molecule has 0 saturated carbocycles. The fourth-order valence-electron chi connectivity index (χ4n) is 1.73. The van der Waals surface area contributed by atoms with Gasteiger partial charge in [0, 0.05) is 17.1 Å². The van der Waals surface area contributed by atoms with Gasteiger partial charge in [0.2, 0.25) is 0 Å². The summed E-state index contributed by atoms with van der Waals surface area (Å²) in [7, 11) is 0. The van der Waals surface area contributed by atoms with E-state index in [-0.39, 0.29) is 11.7 Å². The van der Waals surface area contributed by atoms with E-state index in [0.717, 1.165) is 5.56 Å². The predicted octanol–water partition coefficient (Wildman–Crippen LogP) is 3.19. The predicted molar refractivity (Wildman–Crippen MR) is 77.7 cm³/mol. The number of nitrogens with one attached hydrogen (secondary N) is 1. The van der Waals surface area contributed by atoms with Crippen LogP contribution in [-0.2, 0) is 6.54 Å². The normalized spacial score (nSPS) is 11.4. The van der Waals surface area contributed by atoms with Crippen molar-refractivity contribution in [2.24, 2.45) is 10.9 Å². The molecule has 2 aromatic rings. The van der Waals surface area contributed by atoms with Crippen LogP contribution in [0.15, 0.2) is 47.6 Å². The van der Waals surface area contributed by atoms with Gasteiger partial charge in [0.15, 0.2) is 5.84 Å². The van der Waals surface area contributed by atoms with Crippen LogP contribution in [0, 0.1) is 5.82 Å². The zero-order valence-corrected chi connectivity index (χ0v) is 11.2. The van der Waals surface area contributed by atoms with Crippen LogP contribution in [0.5, 0.6) is 0 Å². The minimum Gasteiger partial charge on any atom is -0.409 e. The second-order valence-corrected chi connectivity index (χ2v) is 4.60. The largest absolute Gasteiger partial charge is 0.409 e. The summed E-state index contributed by atoms with van der Waals surface area (Å²) < 4.78 is 13.5. The average Bonchev–Trinajstić information content (AvgIpc) is 2.47. The number of nitrogens with two attached hydrogens (primary N) is 1. The lowest BCUT2D eigenvalue weighted by Gasteiger charge is -2.09. The summed E-state index contributed by atoms with van der Waals surface area (Å²) in [5.74, 6) is -0.345. The lowest BCUT2D eigenvalue weighted by molar-refractivity contribution is 0.318. The third-order valence-electron chi connectivity index (χ3n) is 2.74. The Hall–Kier alpha value is -2.27. The van der Waals surface area contributed by atoms with Crippen molar-refractivity contribution in [3.05, 3.63) is 64.4 Å². The van der Waals surface area contributed by atoms with Gasteiger partial charge in [-0.3, -0.25) is 0 Å². The summed E-state index contributed by atoms with van der Waals surface area (Å²) in [4.78, 5) is 0. The molecule has 104 valence electrons. The molecule has 0 bridgehead atoms. The number of oxime groups is 1. The zero-order chi connectivity index (χ0) is 14.5. The Morgan fingerprint density at radius 3 is 2.85 bits per heavy atom. The van der Waals surface area contributed by atoms with Gasteiger partial charge < -0.3 is 16.3 Å². The van der Waals surface area contributed by atoms with Crippen LogP contribution in [0.4, 0.5) is 10.1 Å². The molecular weight excluding hydrogens is 281 g/mol. The van der Waals surface area contributed by atoms with E-state index in [1.165, 1.54) is 18.2 Å². The highest BCUT2D eigenvalue weighted by Crippen LogP contribution is 2.20. The molecule has 6 heteroatoms. The summed E-state index contributed by atoms with van der Waals surface area (Å²) >= 11 is 5.82. The lowest BCUT2D eigenvalue weighted by Crippen LogP contribution is -2.13. The summed E-state index contributed by atoms with van der Waals surface area (Å²) in [6, 6.07) is 11.4. The number of hydrogen-bond acceptors (Lipinski definition) is 3. The molecule has 0 heterocycles. The SMILES string of the molecule is NC(=NO)c1cccc(CNc2cc(Cl)ccc2F)c1. The summed E-state index contributed by atoms with van der Waals surface area (Å²) in [5, 5.41) is 15.0. The van der Waals surface area contributed by atoms with Gasteiger partial charge in [-0.05, 0) is 29.8 Å². The number of anilines is 1. The standard InChI is InChI=1S/C14H13ClFN3O/c15-11-4-5-12(16)13(7-11)18-8-9-2-1-3-10(6-9)14(17)19-20/h1-7,18,20H,8H2,(H2,17,19). The van der Waals surface area contributed by atoms with Crippen LogP contribution in [0.3, 0.4) is 0 Å². The minimum atomic E-state index is -0.373. The molecule has 0 atom stereocenters. The molecular formula is C14H13ClFN3O. The van der Waals surface area contributed by atoms with Gasteiger partial charge in [-0.2, -0.15) is 0 Å². The van der Waals surface area contributed by atoms with Crippen molar-refractivity contribution < 1.29 is 9.60 Å². The highest BCUT2D eigenvalue weighted by molar-refractivity contribution is 6.30. The maximum atomic E-state index is 13.5. The molecule has 2 aromatic carbocycles. The maximum Gasteiger partial charge on any atom is 0.170 e. The Morgan fingerprint density at radius 2 is 2.10 bits per heavy atom. The van der Waals surface area contributed by atoms with Gasteiger partial charge in [-0.25, -0.2) is 4.39 Å². The monoisotopic (exact) mass is 293 g/mol. The molecule has 0 aliphatic carbocycles. The first-order chi connectivity index (χ1) is 9.60. The van der Waals surface area contributed by atoms with Crippen LogP contribution in [-0.4, -0.2) is 11.0 Å². The van der Waals surface area contributed by atoms with Gasteiger partial charge in [-0.1, -0.05) is 35.0 Å². The van der Waals surface area contributed by atoms with E-state index < -0.39 is 0 Å². The topological polar surface area (TPSA) is 70.6 Å². The summed E-state index contributed by atoms with van der Waals surface area (Å²) in [6.45, 7) is 0.393. The molecule has 0 saturated heterocycles. The summed E-state index contributed by atoms with van der Waals surface area (Å²) in [5.41, 5.74) is 7.31. The number of amidine groups is 1. The zero-order valence-electron chi connectivity index (χ0n) is 10.5. The first kappa shape index (κ1) is 14.1. The first-order valence-electron chi connectivity index (χ1n) is 5.86. The molecule has 2 rings (SSSR count). The molecule has 0 aliphatic rings. The second-order valence-electron chi connectivity index (χ2n) is 4.16. The fraction of sp³-hybridized carbons (Fsp3) is 0.0714. The highest BCUT2D eigenvalue weighted by atomic mass is 35.5. The minimum absolute atomic E-state index is 0.0285. The van der Waals surface area contributed by atoms with Crippen LogP contribution >= 0.6 is 11.6 Å². The first-order valence-corrected chi connectivity index (χ1v) is 6.23. The number of halogens is 2. The third kappa shape index (κ3) is 3.39. The van der Waals surface area contributed by atoms with E-state index >= 15 is 0 Å².